The third-order valence-electron chi connectivity index (χ3n) is 3.88. The Balaban J connectivity index is 1.73. The summed E-state index contributed by atoms with van der Waals surface area (Å²) in [6, 6.07) is -0.0412. The Bertz CT molecular complexity index is 560. The van der Waals surface area contributed by atoms with Crippen LogP contribution < -0.4 is 16.0 Å². The first-order valence-electron chi connectivity index (χ1n) is 7.96. The van der Waals surface area contributed by atoms with E-state index < -0.39 is 24.7 Å². The van der Waals surface area contributed by atoms with E-state index in [9.17, 15) is 22.8 Å². The van der Waals surface area contributed by atoms with Crippen LogP contribution in [-0.4, -0.2) is 68.2 Å². The fraction of sp³-hybridized carbons (Fsp3) is 0.600. The third-order valence-corrected chi connectivity index (χ3v) is 4.57. The zero-order valence-electron chi connectivity index (χ0n) is 13.6. The lowest BCUT2D eigenvalue weighted by molar-refractivity contribution is -0.184. The molecule has 1 unspecified atom stereocenters. The molecule has 0 bridgehead atoms. The number of nitrogens with zero attached hydrogens (tertiary/aromatic N) is 1. The molecule has 1 aromatic heterocycles. The maximum Gasteiger partial charge on any atom is 0.405 e. The molecule has 1 atom stereocenters. The van der Waals surface area contributed by atoms with Crippen molar-refractivity contribution in [3.05, 3.63) is 22.4 Å². The molecule has 0 radical (unpaired) electrons. The van der Waals surface area contributed by atoms with Crippen LogP contribution in [0.1, 0.15) is 16.8 Å². The standard InChI is InChI=1S/C15H21F3N4O2S/c16-15(17,18)12(22-6-4-19-5-7-22)9-21-13(23)1-3-20-14(24)11-2-8-25-10-11/h2,8,10,12,19H,1,3-7,9H2,(H,20,24)(H,21,23). The fourth-order valence-electron chi connectivity index (χ4n) is 2.53. The Morgan fingerprint density at radius 1 is 1.28 bits per heavy atom. The normalized spacial score (nSPS) is 17.1. The summed E-state index contributed by atoms with van der Waals surface area (Å²) < 4.78 is 39.6. The molecule has 1 aromatic rings. The molecule has 1 aliphatic rings. The molecule has 140 valence electrons. The van der Waals surface area contributed by atoms with E-state index in [4.69, 9.17) is 0 Å². The first-order chi connectivity index (χ1) is 11.9. The summed E-state index contributed by atoms with van der Waals surface area (Å²) in [7, 11) is 0. The minimum absolute atomic E-state index is 0.0675. The second kappa shape index (κ2) is 9.16. The molecule has 1 aliphatic heterocycles. The second-order valence-electron chi connectivity index (χ2n) is 5.67. The molecule has 2 rings (SSSR count). The van der Waals surface area contributed by atoms with Gasteiger partial charge in [-0.15, -0.1) is 0 Å². The monoisotopic (exact) mass is 378 g/mol. The van der Waals surface area contributed by atoms with Crippen molar-refractivity contribution in [1.29, 1.82) is 0 Å². The van der Waals surface area contributed by atoms with Gasteiger partial charge in [-0.3, -0.25) is 14.5 Å². The average Bonchev–Trinajstić information content (AvgIpc) is 3.09. The Labute approximate surface area is 147 Å². The van der Waals surface area contributed by atoms with E-state index in [2.05, 4.69) is 16.0 Å². The van der Waals surface area contributed by atoms with E-state index in [1.165, 1.54) is 16.2 Å². The van der Waals surface area contributed by atoms with Crippen LogP contribution in [0.25, 0.3) is 0 Å². The van der Waals surface area contributed by atoms with Crippen LogP contribution in [0, 0.1) is 0 Å². The van der Waals surface area contributed by atoms with Crippen molar-refractivity contribution in [1.82, 2.24) is 20.9 Å². The molecule has 1 saturated heterocycles. The summed E-state index contributed by atoms with van der Waals surface area (Å²) in [4.78, 5) is 24.8. The minimum atomic E-state index is -4.40. The number of thiophene rings is 1. The number of halogens is 3. The molecule has 1 fully saturated rings. The van der Waals surface area contributed by atoms with Crippen molar-refractivity contribution >= 4 is 23.2 Å². The van der Waals surface area contributed by atoms with E-state index >= 15 is 0 Å². The number of carbonyl (C=O) groups excluding carboxylic acids is 2. The van der Waals surface area contributed by atoms with Crippen LogP contribution in [0.4, 0.5) is 13.2 Å². The first-order valence-corrected chi connectivity index (χ1v) is 8.91. The van der Waals surface area contributed by atoms with E-state index in [0.29, 0.717) is 18.7 Å². The molecular formula is C15H21F3N4O2S. The van der Waals surface area contributed by atoms with Crippen molar-refractivity contribution in [3.8, 4) is 0 Å². The number of hydrogen-bond acceptors (Lipinski definition) is 5. The lowest BCUT2D eigenvalue weighted by Crippen LogP contribution is -2.57. The molecule has 0 saturated carbocycles. The highest BCUT2D eigenvalue weighted by atomic mass is 32.1. The van der Waals surface area contributed by atoms with Gasteiger partial charge in [-0.2, -0.15) is 24.5 Å². The molecule has 6 nitrogen and oxygen atoms in total. The predicted octanol–water partition coefficient (Wildman–Crippen LogP) is 0.820. The van der Waals surface area contributed by atoms with Gasteiger partial charge >= 0.3 is 6.18 Å². The molecule has 0 spiro atoms. The minimum Gasteiger partial charge on any atom is -0.354 e. The molecule has 0 aliphatic carbocycles. The van der Waals surface area contributed by atoms with Crippen molar-refractivity contribution in [2.24, 2.45) is 0 Å². The maximum atomic E-state index is 13.2. The molecule has 2 amide bonds. The number of nitrogens with one attached hydrogen (secondary N) is 3. The van der Waals surface area contributed by atoms with Crippen LogP contribution in [0.15, 0.2) is 16.8 Å². The van der Waals surface area contributed by atoms with Crippen LogP contribution >= 0.6 is 11.3 Å². The van der Waals surface area contributed by atoms with Crippen molar-refractivity contribution in [2.75, 3.05) is 39.3 Å². The summed E-state index contributed by atoms with van der Waals surface area (Å²) >= 11 is 1.38. The summed E-state index contributed by atoms with van der Waals surface area (Å²) in [5, 5.41) is 11.3. The molecule has 0 aromatic carbocycles. The van der Waals surface area contributed by atoms with Gasteiger partial charge in [0, 0.05) is 56.6 Å². The van der Waals surface area contributed by atoms with Crippen molar-refractivity contribution < 1.29 is 22.8 Å². The number of alkyl halides is 3. The lowest BCUT2D eigenvalue weighted by atomic mass is 10.2. The Hall–Kier alpha value is -1.65. The number of hydrogen-bond donors (Lipinski definition) is 3. The molecular weight excluding hydrogens is 357 g/mol. The molecule has 2 heterocycles. The highest BCUT2D eigenvalue weighted by molar-refractivity contribution is 7.08. The smallest absolute Gasteiger partial charge is 0.354 e. The Morgan fingerprint density at radius 3 is 2.60 bits per heavy atom. The number of piperazine rings is 1. The van der Waals surface area contributed by atoms with Gasteiger partial charge in [0.15, 0.2) is 0 Å². The maximum absolute atomic E-state index is 13.2. The Morgan fingerprint density at radius 2 is 2.00 bits per heavy atom. The molecule has 3 N–H and O–H groups in total. The van der Waals surface area contributed by atoms with E-state index in [1.807, 2.05) is 0 Å². The van der Waals surface area contributed by atoms with Gasteiger partial charge < -0.3 is 16.0 Å². The fourth-order valence-corrected chi connectivity index (χ4v) is 3.17. The van der Waals surface area contributed by atoms with Crippen molar-refractivity contribution in [3.63, 3.8) is 0 Å². The van der Waals surface area contributed by atoms with Gasteiger partial charge in [0.1, 0.15) is 6.04 Å². The SMILES string of the molecule is O=C(CCNC(=O)c1ccsc1)NCC(N1CCNCC1)C(F)(F)F. The van der Waals surface area contributed by atoms with Gasteiger partial charge in [-0.05, 0) is 11.4 Å². The van der Waals surface area contributed by atoms with Crippen LogP contribution in [0.3, 0.4) is 0 Å². The highest BCUT2D eigenvalue weighted by Crippen LogP contribution is 2.24. The molecule has 25 heavy (non-hydrogen) atoms. The second-order valence-corrected chi connectivity index (χ2v) is 6.45. The lowest BCUT2D eigenvalue weighted by Gasteiger charge is -2.35. The summed E-state index contributed by atoms with van der Waals surface area (Å²) in [5.41, 5.74) is 0.501. The van der Waals surface area contributed by atoms with Crippen LogP contribution in [0.2, 0.25) is 0 Å². The number of rotatable bonds is 7. The zero-order chi connectivity index (χ0) is 18.3. The van der Waals surface area contributed by atoms with Gasteiger partial charge in [0.05, 0.1) is 0 Å². The third kappa shape index (κ3) is 6.29. The topological polar surface area (TPSA) is 73.5 Å². The largest absolute Gasteiger partial charge is 0.405 e. The Kier molecular flexibility index (Phi) is 7.21. The summed E-state index contributed by atoms with van der Waals surface area (Å²) in [6.45, 7) is 1.16. The van der Waals surface area contributed by atoms with Gasteiger partial charge in [0.25, 0.3) is 5.91 Å². The zero-order valence-corrected chi connectivity index (χ0v) is 14.4. The summed E-state index contributed by atoms with van der Waals surface area (Å²) in [5.74, 6) is -0.821. The van der Waals surface area contributed by atoms with E-state index in [0.717, 1.165) is 0 Å². The molecule has 10 heteroatoms. The number of amides is 2. The van der Waals surface area contributed by atoms with E-state index in [-0.39, 0.29) is 32.0 Å². The van der Waals surface area contributed by atoms with Gasteiger partial charge in [-0.1, -0.05) is 0 Å². The van der Waals surface area contributed by atoms with Gasteiger partial charge in [0.2, 0.25) is 5.91 Å². The quantitative estimate of drug-likeness (QED) is 0.657. The highest BCUT2D eigenvalue weighted by Gasteiger charge is 2.43. The van der Waals surface area contributed by atoms with Gasteiger partial charge in [-0.25, -0.2) is 0 Å². The number of carbonyl (C=O) groups is 2. The van der Waals surface area contributed by atoms with Crippen LogP contribution in [-0.2, 0) is 4.79 Å². The average molecular weight is 378 g/mol. The van der Waals surface area contributed by atoms with Crippen molar-refractivity contribution in [2.45, 2.75) is 18.6 Å². The van der Waals surface area contributed by atoms with E-state index in [1.54, 1.807) is 16.8 Å². The summed E-state index contributed by atoms with van der Waals surface area (Å²) in [6.07, 6.45) is -4.47. The predicted molar refractivity (Wildman–Crippen MR) is 88.6 cm³/mol. The van der Waals surface area contributed by atoms with Crippen LogP contribution in [0.5, 0.6) is 0 Å². The first kappa shape index (κ1) is 19.7.